The van der Waals surface area contributed by atoms with E-state index in [1.807, 2.05) is 0 Å². The third kappa shape index (κ3) is 5.04. The van der Waals surface area contributed by atoms with Crippen molar-refractivity contribution in [2.24, 2.45) is 0 Å². The van der Waals surface area contributed by atoms with Gasteiger partial charge in [-0.2, -0.15) is 0 Å². The van der Waals surface area contributed by atoms with Crippen molar-refractivity contribution in [3.63, 3.8) is 0 Å². The lowest BCUT2D eigenvalue weighted by atomic mass is 10.7. The lowest BCUT2D eigenvalue weighted by Crippen LogP contribution is -2.25. The number of carbonyl (C=O) groups excluding carboxylic acids is 2. The highest BCUT2D eigenvalue weighted by molar-refractivity contribution is 5.82. The smallest absolute Gasteiger partial charge is 0.417 e. The predicted octanol–water partition coefficient (Wildman–Crippen LogP) is 0.890. The summed E-state index contributed by atoms with van der Waals surface area (Å²) >= 11 is 0. The van der Waals surface area contributed by atoms with Crippen LogP contribution in [0.5, 0.6) is 0 Å². The molecular weight excluding hydrogens is 162 g/mol. The summed E-state index contributed by atoms with van der Waals surface area (Å²) in [6.45, 7) is 4.79. The second-order valence-electron chi connectivity index (χ2n) is 1.60. The molecule has 0 unspecified atom stereocenters. The zero-order valence-corrected chi connectivity index (χ0v) is 6.57. The summed E-state index contributed by atoms with van der Waals surface area (Å²) in [5.41, 5.74) is 1.73. The van der Waals surface area contributed by atoms with E-state index >= 15 is 0 Å². The Morgan fingerprint density at radius 2 is 2.17 bits per heavy atom. The van der Waals surface area contributed by atoms with Gasteiger partial charge in [-0.05, 0) is 6.92 Å². The first-order chi connectivity index (χ1) is 5.70. The molecular formula is C7H9NO4. The number of rotatable bonds is 2. The van der Waals surface area contributed by atoms with Crippen LogP contribution in [-0.2, 0) is 14.4 Å². The van der Waals surface area contributed by atoms with Crippen molar-refractivity contribution in [1.29, 1.82) is 0 Å². The molecule has 0 bridgehead atoms. The van der Waals surface area contributed by atoms with Crippen LogP contribution in [0.15, 0.2) is 25.0 Å². The summed E-state index contributed by atoms with van der Waals surface area (Å²) in [5.74, 6) is -0.757. The molecule has 0 heterocycles. The number of amides is 1. The molecule has 5 heteroatoms. The molecule has 0 aliphatic rings. The topological polar surface area (TPSA) is 64.6 Å². The van der Waals surface area contributed by atoms with Gasteiger partial charge in [0.25, 0.3) is 0 Å². The van der Waals surface area contributed by atoms with Gasteiger partial charge in [0, 0.05) is 6.08 Å². The molecule has 0 spiro atoms. The summed E-state index contributed by atoms with van der Waals surface area (Å²) in [7, 11) is 0. The standard InChI is InChI=1S/C7H9NO4/c1-3-5-11-7(10)8-12-6(9)4-2/h3-5H,2H2,1H3,(H,8,10)/b5-3+. The Morgan fingerprint density at radius 3 is 2.67 bits per heavy atom. The summed E-state index contributed by atoms with van der Waals surface area (Å²) in [6.07, 6.45) is 2.70. The van der Waals surface area contributed by atoms with Crippen molar-refractivity contribution in [2.75, 3.05) is 0 Å². The Hall–Kier alpha value is -1.78. The van der Waals surface area contributed by atoms with Gasteiger partial charge in [-0.1, -0.05) is 12.7 Å². The fourth-order valence-corrected chi connectivity index (χ4v) is 0.288. The van der Waals surface area contributed by atoms with E-state index in [0.29, 0.717) is 0 Å². The molecule has 1 N–H and O–H groups in total. The Kier molecular flexibility index (Phi) is 5.08. The van der Waals surface area contributed by atoms with Crippen LogP contribution in [0.1, 0.15) is 6.92 Å². The quantitative estimate of drug-likeness (QED) is 0.380. The maximum atomic E-state index is 10.5. The highest BCUT2D eigenvalue weighted by atomic mass is 16.7. The normalized spacial score (nSPS) is 9.08. The lowest BCUT2D eigenvalue weighted by Gasteiger charge is -2.00. The van der Waals surface area contributed by atoms with E-state index < -0.39 is 12.1 Å². The molecule has 0 aromatic rings. The maximum Gasteiger partial charge on any atom is 0.445 e. The van der Waals surface area contributed by atoms with Gasteiger partial charge >= 0.3 is 12.1 Å². The molecule has 66 valence electrons. The number of hydrogen-bond acceptors (Lipinski definition) is 4. The van der Waals surface area contributed by atoms with Crippen molar-refractivity contribution in [2.45, 2.75) is 6.92 Å². The van der Waals surface area contributed by atoms with Gasteiger partial charge in [0.05, 0.1) is 6.26 Å². The number of ether oxygens (including phenoxy) is 1. The lowest BCUT2D eigenvalue weighted by molar-refractivity contribution is -0.143. The highest BCUT2D eigenvalue weighted by Gasteiger charge is 2.01. The first-order valence-electron chi connectivity index (χ1n) is 3.11. The van der Waals surface area contributed by atoms with Gasteiger partial charge in [0.1, 0.15) is 0 Å². The van der Waals surface area contributed by atoms with Gasteiger partial charge in [0.15, 0.2) is 0 Å². The second-order valence-corrected chi connectivity index (χ2v) is 1.60. The SMILES string of the molecule is C=CC(=O)ONC(=O)O/C=C/C. The van der Waals surface area contributed by atoms with E-state index in [1.165, 1.54) is 6.08 Å². The van der Waals surface area contributed by atoms with Crippen molar-refractivity contribution < 1.29 is 19.2 Å². The number of nitrogens with one attached hydrogen (secondary N) is 1. The van der Waals surface area contributed by atoms with E-state index in [0.717, 1.165) is 12.3 Å². The summed E-state index contributed by atoms with van der Waals surface area (Å²) in [5, 5.41) is 0. The Morgan fingerprint density at radius 1 is 1.50 bits per heavy atom. The molecule has 0 radical (unpaired) electrons. The fraction of sp³-hybridized carbons (Fsp3) is 0.143. The number of hydroxylamine groups is 1. The van der Waals surface area contributed by atoms with Crippen molar-refractivity contribution in [1.82, 2.24) is 5.48 Å². The molecule has 0 saturated carbocycles. The van der Waals surface area contributed by atoms with Crippen LogP contribution in [0.4, 0.5) is 4.79 Å². The van der Waals surface area contributed by atoms with Gasteiger partial charge in [0.2, 0.25) is 0 Å². The van der Waals surface area contributed by atoms with Gasteiger partial charge in [-0.15, -0.1) is 5.48 Å². The van der Waals surface area contributed by atoms with Crippen LogP contribution in [0.3, 0.4) is 0 Å². The first kappa shape index (κ1) is 10.2. The maximum absolute atomic E-state index is 10.5. The largest absolute Gasteiger partial charge is 0.445 e. The van der Waals surface area contributed by atoms with Gasteiger partial charge in [-0.3, -0.25) is 0 Å². The molecule has 1 amide bonds. The van der Waals surface area contributed by atoms with Crippen LogP contribution in [-0.4, -0.2) is 12.1 Å². The molecule has 0 aromatic carbocycles. The molecule has 0 aliphatic carbocycles. The van der Waals surface area contributed by atoms with E-state index in [2.05, 4.69) is 16.2 Å². The second kappa shape index (κ2) is 5.96. The number of carbonyl (C=O) groups is 2. The van der Waals surface area contributed by atoms with Crippen LogP contribution in [0, 0.1) is 0 Å². The molecule has 0 aliphatic heterocycles. The average molecular weight is 171 g/mol. The number of hydrogen-bond donors (Lipinski definition) is 1. The molecule has 0 saturated heterocycles. The molecule has 0 rings (SSSR count). The van der Waals surface area contributed by atoms with Gasteiger partial charge < -0.3 is 9.57 Å². The number of allylic oxidation sites excluding steroid dienone is 1. The minimum Gasteiger partial charge on any atom is -0.417 e. The van der Waals surface area contributed by atoms with E-state index in [1.54, 1.807) is 12.4 Å². The Bertz CT molecular complexity index is 209. The van der Waals surface area contributed by atoms with Gasteiger partial charge in [-0.25, -0.2) is 9.59 Å². The van der Waals surface area contributed by atoms with Crippen LogP contribution in [0.25, 0.3) is 0 Å². The summed E-state index contributed by atoms with van der Waals surface area (Å²) in [4.78, 5) is 25.0. The average Bonchev–Trinajstić information content (AvgIpc) is 2.10. The predicted molar refractivity (Wildman–Crippen MR) is 40.7 cm³/mol. The zero-order chi connectivity index (χ0) is 9.40. The molecule has 12 heavy (non-hydrogen) atoms. The zero-order valence-electron chi connectivity index (χ0n) is 6.57. The molecule has 0 fully saturated rings. The summed E-state index contributed by atoms with van der Waals surface area (Å²) < 4.78 is 4.34. The fourth-order valence-electron chi connectivity index (χ4n) is 0.288. The van der Waals surface area contributed by atoms with Crippen molar-refractivity contribution >= 4 is 12.1 Å². The van der Waals surface area contributed by atoms with Crippen LogP contribution < -0.4 is 5.48 Å². The third-order valence-corrected chi connectivity index (χ3v) is 0.713. The molecule has 5 nitrogen and oxygen atoms in total. The van der Waals surface area contributed by atoms with Crippen molar-refractivity contribution in [3.05, 3.63) is 25.0 Å². The van der Waals surface area contributed by atoms with Crippen LogP contribution in [0.2, 0.25) is 0 Å². The van der Waals surface area contributed by atoms with E-state index in [9.17, 15) is 9.59 Å². The van der Waals surface area contributed by atoms with Crippen molar-refractivity contribution in [3.8, 4) is 0 Å². The monoisotopic (exact) mass is 171 g/mol. The molecule has 0 atom stereocenters. The van der Waals surface area contributed by atoms with E-state index in [4.69, 9.17) is 0 Å². The Balaban J connectivity index is 3.57. The minimum atomic E-state index is -0.872. The first-order valence-corrected chi connectivity index (χ1v) is 3.11. The third-order valence-electron chi connectivity index (χ3n) is 0.713. The van der Waals surface area contributed by atoms with Crippen LogP contribution >= 0.6 is 0 Å². The highest BCUT2D eigenvalue weighted by Crippen LogP contribution is 1.80. The summed E-state index contributed by atoms with van der Waals surface area (Å²) in [6, 6.07) is 0. The molecule has 0 aromatic heterocycles. The Labute approximate surface area is 69.6 Å². The van der Waals surface area contributed by atoms with E-state index in [-0.39, 0.29) is 0 Å². The minimum absolute atomic E-state index is 0.757.